The third-order valence-electron chi connectivity index (χ3n) is 5.52. The lowest BCUT2D eigenvalue weighted by Crippen LogP contribution is -2.45. The highest BCUT2D eigenvalue weighted by atomic mass is 35.5. The van der Waals surface area contributed by atoms with Gasteiger partial charge < -0.3 is 19.8 Å². The highest BCUT2D eigenvalue weighted by molar-refractivity contribution is 7.89. The zero-order valence-corrected chi connectivity index (χ0v) is 20.4. The molecule has 0 saturated carbocycles. The molecule has 4 rings (SSSR count). The number of aromatic hydroxyl groups is 1. The molecular formula is C22H24Cl2N4O5S. The van der Waals surface area contributed by atoms with Crippen molar-refractivity contribution in [2.75, 3.05) is 26.2 Å². The van der Waals surface area contributed by atoms with Gasteiger partial charge in [-0.2, -0.15) is 0 Å². The second-order valence-corrected chi connectivity index (χ2v) is 10.7. The first-order valence-corrected chi connectivity index (χ1v) is 12.9. The van der Waals surface area contributed by atoms with Gasteiger partial charge >= 0.3 is 0 Å². The van der Waals surface area contributed by atoms with E-state index in [9.17, 15) is 18.6 Å². The van der Waals surface area contributed by atoms with Crippen molar-refractivity contribution in [1.82, 2.24) is 19.6 Å². The van der Waals surface area contributed by atoms with E-state index < -0.39 is 16.1 Å². The number of piperidine rings is 1. The number of aliphatic hydroxyl groups is 1. The van der Waals surface area contributed by atoms with Crippen molar-refractivity contribution in [3.8, 4) is 11.6 Å². The summed E-state index contributed by atoms with van der Waals surface area (Å²) in [5.74, 6) is 0.424. The van der Waals surface area contributed by atoms with Crippen LogP contribution in [-0.2, 0) is 10.0 Å². The van der Waals surface area contributed by atoms with Gasteiger partial charge in [0.25, 0.3) is 0 Å². The van der Waals surface area contributed by atoms with Gasteiger partial charge in [0.15, 0.2) is 0 Å². The van der Waals surface area contributed by atoms with Crippen LogP contribution in [0, 0.1) is 0 Å². The Bertz CT molecular complexity index is 1270. The van der Waals surface area contributed by atoms with Gasteiger partial charge in [-0.3, -0.25) is 0 Å². The van der Waals surface area contributed by atoms with E-state index in [1.165, 1.54) is 18.2 Å². The first-order chi connectivity index (χ1) is 16.2. The molecule has 2 heterocycles. The lowest BCUT2D eigenvalue weighted by molar-refractivity contribution is 0.0630. The van der Waals surface area contributed by atoms with E-state index in [1.807, 2.05) is 0 Å². The maximum atomic E-state index is 12.6. The Morgan fingerprint density at radius 1 is 1.12 bits per heavy atom. The van der Waals surface area contributed by atoms with Gasteiger partial charge in [0.05, 0.1) is 38.3 Å². The summed E-state index contributed by atoms with van der Waals surface area (Å²) in [7, 11) is -3.85. The minimum atomic E-state index is -3.85. The van der Waals surface area contributed by atoms with Crippen LogP contribution in [0.25, 0.3) is 11.0 Å². The molecule has 3 N–H and O–H groups in total. The maximum Gasteiger partial charge on any atom is 0.240 e. The molecule has 0 radical (unpaired) electrons. The molecule has 1 fully saturated rings. The summed E-state index contributed by atoms with van der Waals surface area (Å²) in [6, 6.07) is 9.39. The number of sulfonamides is 1. The van der Waals surface area contributed by atoms with Crippen LogP contribution in [0.15, 0.2) is 47.5 Å². The number of nitrogens with one attached hydrogen (secondary N) is 1. The van der Waals surface area contributed by atoms with Gasteiger partial charge in [0.2, 0.25) is 15.9 Å². The number of nitrogens with zero attached hydrogens (tertiary/aromatic N) is 3. The number of halogens is 2. The Morgan fingerprint density at radius 2 is 1.88 bits per heavy atom. The Balaban J connectivity index is 1.25. The molecule has 1 aliphatic rings. The molecule has 3 aromatic rings. The molecule has 1 aromatic heterocycles. The fourth-order valence-electron chi connectivity index (χ4n) is 3.75. The summed E-state index contributed by atoms with van der Waals surface area (Å²) in [6.07, 6.45) is 1.84. The standard InChI is InChI=1S/C22H24Cl2N4O5S/c23-18-3-1-16(9-19(18)24)33-15-5-7-28(8-6-15)13-14(29)11-26-34(31,32)17-2-4-20-21(10-17)25-12-22(30)27-20/h1-4,9-10,12,14-15,26,29H,5-8,11,13H2,(H,27,30)/t14-/m0/s1. The molecule has 9 nitrogen and oxygen atoms in total. The van der Waals surface area contributed by atoms with Crippen LogP contribution >= 0.6 is 23.2 Å². The largest absolute Gasteiger partial charge is 0.492 e. The van der Waals surface area contributed by atoms with E-state index in [1.54, 1.807) is 18.2 Å². The summed E-state index contributed by atoms with van der Waals surface area (Å²) >= 11 is 12.0. The number of likely N-dealkylation sites (tertiary alicyclic amines) is 1. The highest BCUT2D eigenvalue weighted by Gasteiger charge is 2.24. The van der Waals surface area contributed by atoms with Crippen molar-refractivity contribution >= 4 is 44.3 Å². The molecule has 34 heavy (non-hydrogen) atoms. The highest BCUT2D eigenvalue weighted by Crippen LogP contribution is 2.28. The maximum absolute atomic E-state index is 12.6. The second kappa shape index (κ2) is 10.6. The van der Waals surface area contributed by atoms with Crippen LogP contribution in [0.5, 0.6) is 11.6 Å². The fourth-order valence-corrected chi connectivity index (χ4v) is 5.13. The summed E-state index contributed by atoms with van der Waals surface area (Å²) in [4.78, 5) is 9.95. The predicted molar refractivity (Wildman–Crippen MR) is 129 cm³/mol. The van der Waals surface area contributed by atoms with Gasteiger partial charge in [-0.05, 0) is 43.2 Å². The number of aromatic nitrogens is 2. The molecule has 1 aliphatic heterocycles. The number of fused-ring (bicyclic) bond motifs is 1. The van der Waals surface area contributed by atoms with Gasteiger partial charge in [-0.25, -0.2) is 23.1 Å². The minimum absolute atomic E-state index is 0.00690. The van der Waals surface area contributed by atoms with Crippen molar-refractivity contribution in [3.05, 3.63) is 52.6 Å². The number of ether oxygens (including phenoxy) is 1. The Hall–Kier alpha value is -2.21. The van der Waals surface area contributed by atoms with E-state index in [-0.39, 0.29) is 23.4 Å². The van der Waals surface area contributed by atoms with Gasteiger partial charge in [0, 0.05) is 32.2 Å². The second-order valence-electron chi connectivity index (χ2n) is 8.08. The Labute approximate surface area is 207 Å². The van der Waals surface area contributed by atoms with Crippen LogP contribution in [0.3, 0.4) is 0 Å². The molecule has 0 bridgehead atoms. The monoisotopic (exact) mass is 526 g/mol. The number of hydrogen-bond donors (Lipinski definition) is 3. The molecule has 0 aliphatic carbocycles. The van der Waals surface area contributed by atoms with Gasteiger partial charge in [-0.15, -0.1) is 0 Å². The summed E-state index contributed by atoms with van der Waals surface area (Å²) in [6.45, 7) is 1.64. The minimum Gasteiger partial charge on any atom is -0.492 e. The van der Waals surface area contributed by atoms with Gasteiger partial charge in [0.1, 0.15) is 11.9 Å². The molecule has 0 spiro atoms. The van der Waals surface area contributed by atoms with E-state index >= 15 is 0 Å². The molecule has 2 aromatic carbocycles. The normalized spacial score (nSPS) is 16.6. The van der Waals surface area contributed by atoms with E-state index in [0.717, 1.165) is 19.0 Å². The summed E-state index contributed by atoms with van der Waals surface area (Å²) in [5, 5.41) is 20.7. The summed E-state index contributed by atoms with van der Waals surface area (Å²) in [5.41, 5.74) is 0.720. The lowest BCUT2D eigenvalue weighted by atomic mass is 10.1. The Morgan fingerprint density at radius 3 is 2.62 bits per heavy atom. The molecule has 1 saturated heterocycles. The van der Waals surface area contributed by atoms with Crippen LogP contribution in [0.1, 0.15) is 12.8 Å². The average Bonchev–Trinajstić information content (AvgIpc) is 2.81. The van der Waals surface area contributed by atoms with E-state index in [0.29, 0.717) is 46.5 Å². The molecule has 1 atom stereocenters. The SMILES string of the molecule is O=S(=O)(NC[C@H](O)CN1CCC(Oc2ccc(Cl)c(Cl)c2)CC1)c1ccc2nc(O)cnc2c1. The smallest absolute Gasteiger partial charge is 0.240 e. The summed E-state index contributed by atoms with van der Waals surface area (Å²) < 4.78 is 33.7. The topological polar surface area (TPSA) is 125 Å². The molecular weight excluding hydrogens is 503 g/mol. The fraction of sp³-hybridized carbons (Fsp3) is 0.364. The van der Waals surface area contributed by atoms with Crippen molar-refractivity contribution in [2.24, 2.45) is 0 Å². The van der Waals surface area contributed by atoms with Gasteiger partial charge in [-0.1, -0.05) is 23.2 Å². The molecule has 12 heteroatoms. The quantitative estimate of drug-likeness (QED) is 0.409. The Kier molecular flexibility index (Phi) is 7.76. The first-order valence-electron chi connectivity index (χ1n) is 10.7. The number of aliphatic hydroxyl groups excluding tert-OH is 1. The zero-order valence-electron chi connectivity index (χ0n) is 18.1. The number of benzene rings is 2. The van der Waals surface area contributed by atoms with Crippen LogP contribution in [0.4, 0.5) is 0 Å². The predicted octanol–water partition coefficient (Wildman–Crippen LogP) is 2.82. The van der Waals surface area contributed by atoms with Crippen LogP contribution in [0.2, 0.25) is 10.0 Å². The van der Waals surface area contributed by atoms with Crippen molar-refractivity contribution in [2.45, 2.75) is 29.9 Å². The average molecular weight is 527 g/mol. The lowest BCUT2D eigenvalue weighted by Gasteiger charge is -2.33. The third kappa shape index (κ3) is 6.26. The van der Waals surface area contributed by atoms with Crippen LogP contribution < -0.4 is 9.46 Å². The van der Waals surface area contributed by atoms with Crippen molar-refractivity contribution in [1.29, 1.82) is 0 Å². The molecule has 0 amide bonds. The number of hydrogen-bond acceptors (Lipinski definition) is 8. The van der Waals surface area contributed by atoms with Crippen LogP contribution in [-0.4, -0.2) is 71.9 Å². The first kappa shape index (κ1) is 24.9. The van der Waals surface area contributed by atoms with Crippen molar-refractivity contribution < 1.29 is 23.4 Å². The third-order valence-corrected chi connectivity index (χ3v) is 7.68. The van der Waals surface area contributed by atoms with E-state index in [4.69, 9.17) is 27.9 Å². The molecule has 182 valence electrons. The number of β-amino-alcohol motifs (C(OH)–C–C–N with tert-alkyl or cyclic N) is 1. The van der Waals surface area contributed by atoms with Crippen molar-refractivity contribution in [3.63, 3.8) is 0 Å². The molecule has 0 unspecified atom stereocenters. The number of rotatable bonds is 8. The zero-order chi connectivity index (χ0) is 24.3. The van der Waals surface area contributed by atoms with E-state index in [2.05, 4.69) is 19.6 Å².